The molecule has 3 rings (SSSR count). The summed E-state index contributed by atoms with van der Waals surface area (Å²) in [5.74, 6) is 0.186. The molecule has 0 aromatic heterocycles. The lowest BCUT2D eigenvalue weighted by Gasteiger charge is -2.28. The van der Waals surface area contributed by atoms with Crippen molar-refractivity contribution in [3.05, 3.63) is 34.3 Å². The minimum absolute atomic E-state index is 0.0872. The van der Waals surface area contributed by atoms with Gasteiger partial charge in [0.1, 0.15) is 6.67 Å². The van der Waals surface area contributed by atoms with Gasteiger partial charge in [0.25, 0.3) is 0 Å². The summed E-state index contributed by atoms with van der Waals surface area (Å²) >= 11 is 3.58. The Morgan fingerprint density at radius 2 is 2.19 bits per heavy atom. The summed E-state index contributed by atoms with van der Waals surface area (Å²) in [4.78, 5) is 14.6. The number of carbonyl (C=O) groups is 1. The number of halogens is 2. The second kappa shape index (κ2) is 6.44. The first-order chi connectivity index (χ1) is 10.2. The third-order valence-electron chi connectivity index (χ3n) is 4.67. The fourth-order valence-electron chi connectivity index (χ4n) is 3.54. The minimum atomic E-state index is -0.425. The summed E-state index contributed by atoms with van der Waals surface area (Å²) in [6.45, 7) is 1.76. The molecule has 0 radical (unpaired) electrons. The fraction of sp³-hybridized carbons (Fsp3) is 0.562. The van der Waals surface area contributed by atoms with Gasteiger partial charge in [0.05, 0.1) is 12.0 Å². The largest absolute Gasteiger partial charge is 0.337 e. The van der Waals surface area contributed by atoms with Crippen molar-refractivity contribution in [2.45, 2.75) is 24.8 Å². The van der Waals surface area contributed by atoms with E-state index in [-0.39, 0.29) is 23.8 Å². The van der Waals surface area contributed by atoms with E-state index in [9.17, 15) is 9.18 Å². The van der Waals surface area contributed by atoms with Gasteiger partial charge in [-0.2, -0.15) is 0 Å². The highest BCUT2D eigenvalue weighted by Crippen LogP contribution is 2.35. The van der Waals surface area contributed by atoms with E-state index >= 15 is 0 Å². The highest BCUT2D eigenvalue weighted by atomic mass is 79.9. The van der Waals surface area contributed by atoms with E-state index in [1.165, 1.54) is 0 Å². The summed E-state index contributed by atoms with van der Waals surface area (Å²) in [6, 6.07) is 7.85. The molecule has 1 N–H and O–H groups in total. The maximum absolute atomic E-state index is 13.1. The molecule has 0 aliphatic carbocycles. The van der Waals surface area contributed by atoms with Crippen LogP contribution in [0.1, 0.15) is 24.3 Å². The van der Waals surface area contributed by atoms with Gasteiger partial charge >= 0.3 is 0 Å². The predicted molar refractivity (Wildman–Crippen MR) is 84.0 cm³/mol. The maximum Gasteiger partial charge on any atom is 0.227 e. The zero-order valence-corrected chi connectivity index (χ0v) is 13.5. The number of likely N-dealkylation sites (tertiary alicyclic amines) is 1. The molecule has 0 saturated carbocycles. The number of nitrogens with zero attached hydrogens (tertiary/aromatic N) is 1. The summed E-state index contributed by atoms with van der Waals surface area (Å²) < 4.78 is 14.1. The monoisotopic (exact) mass is 354 g/mol. The zero-order valence-electron chi connectivity index (χ0n) is 11.9. The lowest BCUT2D eigenvalue weighted by atomic mass is 9.88. The first-order valence-corrected chi connectivity index (χ1v) is 8.33. The maximum atomic E-state index is 13.1. The average Bonchev–Trinajstić information content (AvgIpc) is 3.16. The Morgan fingerprint density at radius 3 is 2.95 bits per heavy atom. The molecule has 2 fully saturated rings. The van der Waals surface area contributed by atoms with Crippen molar-refractivity contribution in [3.8, 4) is 0 Å². The van der Waals surface area contributed by atoms with Crippen molar-refractivity contribution in [2.24, 2.45) is 5.92 Å². The lowest BCUT2D eigenvalue weighted by molar-refractivity contribution is -0.136. The van der Waals surface area contributed by atoms with Gasteiger partial charge in [-0.3, -0.25) is 4.79 Å². The average molecular weight is 355 g/mol. The molecule has 3 atom stereocenters. The van der Waals surface area contributed by atoms with E-state index in [0.29, 0.717) is 13.1 Å². The van der Waals surface area contributed by atoms with Crippen LogP contribution >= 0.6 is 15.9 Å². The standard InChI is InChI=1S/C16H20BrFN2O/c17-15-6-2-1-5-12(15)13-9-19-10-14(13)16(21)20-7-3-4-11(20)8-18/h1-2,5-6,11,13-14,19H,3-4,7-10H2/t11?,13-,14+/m0/s1. The van der Waals surface area contributed by atoms with E-state index in [4.69, 9.17) is 0 Å². The Kier molecular flexibility index (Phi) is 4.60. The fourth-order valence-corrected chi connectivity index (χ4v) is 4.12. The third-order valence-corrected chi connectivity index (χ3v) is 5.40. The molecule has 2 heterocycles. The lowest BCUT2D eigenvalue weighted by Crippen LogP contribution is -2.42. The number of hydrogen-bond acceptors (Lipinski definition) is 2. The highest BCUT2D eigenvalue weighted by molar-refractivity contribution is 9.10. The molecule has 2 aliphatic rings. The van der Waals surface area contributed by atoms with Crippen molar-refractivity contribution < 1.29 is 9.18 Å². The Hall–Kier alpha value is -0.940. The van der Waals surface area contributed by atoms with Crippen LogP contribution in [0.3, 0.4) is 0 Å². The molecule has 3 nitrogen and oxygen atoms in total. The van der Waals surface area contributed by atoms with E-state index in [0.717, 1.165) is 29.4 Å². The number of rotatable bonds is 3. The van der Waals surface area contributed by atoms with Crippen LogP contribution in [0, 0.1) is 5.92 Å². The Bertz CT molecular complexity index is 525. The van der Waals surface area contributed by atoms with Crippen LogP contribution in [0.25, 0.3) is 0 Å². The van der Waals surface area contributed by atoms with Crippen LogP contribution < -0.4 is 5.32 Å². The topological polar surface area (TPSA) is 32.3 Å². The normalized spacial score (nSPS) is 29.0. The molecule has 1 aromatic rings. The molecule has 0 spiro atoms. The molecule has 0 bridgehead atoms. The van der Waals surface area contributed by atoms with Gasteiger partial charge in [0.15, 0.2) is 0 Å². The van der Waals surface area contributed by atoms with Crippen LogP contribution in [-0.2, 0) is 4.79 Å². The van der Waals surface area contributed by atoms with Gasteiger partial charge in [-0.05, 0) is 24.5 Å². The molecule has 1 unspecified atom stereocenters. The molecule has 21 heavy (non-hydrogen) atoms. The first kappa shape index (κ1) is 15.0. The van der Waals surface area contributed by atoms with Crippen LogP contribution in [0.4, 0.5) is 4.39 Å². The summed E-state index contributed by atoms with van der Waals surface area (Å²) in [5.41, 5.74) is 1.16. The number of amides is 1. The van der Waals surface area contributed by atoms with Crippen molar-refractivity contribution in [1.29, 1.82) is 0 Å². The van der Waals surface area contributed by atoms with Crippen molar-refractivity contribution >= 4 is 21.8 Å². The summed E-state index contributed by atoms with van der Waals surface area (Å²) in [6.07, 6.45) is 1.71. The van der Waals surface area contributed by atoms with Gasteiger partial charge in [-0.25, -0.2) is 4.39 Å². The van der Waals surface area contributed by atoms with Gasteiger partial charge < -0.3 is 10.2 Å². The zero-order chi connectivity index (χ0) is 14.8. The van der Waals surface area contributed by atoms with Crippen LogP contribution in [0.2, 0.25) is 0 Å². The summed E-state index contributed by atoms with van der Waals surface area (Å²) in [5, 5.41) is 3.32. The number of alkyl halides is 1. The molecule has 2 saturated heterocycles. The second-order valence-electron chi connectivity index (χ2n) is 5.87. The van der Waals surface area contributed by atoms with Crippen molar-refractivity contribution in [3.63, 3.8) is 0 Å². The van der Waals surface area contributed by atoms with Crippen LogP contribution in [-0.4, -0.2) is 43.2 Å². The van der Waals surface area contributed by atoms with Crippen LogP contribution in [0.5, 0.6) is 0 Å². The van der Waals surface area contributed by atoms with Crippen molar-refractivity contribution in [2.75, 3.05) is 26.3 Å². The van der Waals surface area contributed by atoms with E-state index in [1.54, 1.807) is 4.90 Å². The Labute approximate surface area is 133 Å². The van der Waals surface area contributed by atoms with E-state index in [2.05, 4.69) is 27.3 Å². The highest BCUT2D eigenvalue weighted by Gasteiger charge is 2.40. The molecule has 2 aliphatic heterocycles. The first-order valence-electron chi connectivity index (χ1n) is 7.54. The minimum Gasteiger partial charge on any atom is -0.337 e. The van der Waals surface area contributed by atoms with Crippen LogP contribution in [0.15, 0.2) is 28.7 Å². The Balaban J connectivity index is 1.81. The number of nitrogens with one attached hydrogen (secondary N) is 1. The quantitative estimate of drug-likeness (QED) is 0.904. The molecule has 5 heteroatoms. The van der Waals surface area contributed by atoms with Crippen molar-refractivity contribution in [1.82, 2.24) is 10.2 Å². The summed E-state index contributed by atoms with van der Waals surface area (Å²) in [7, 11) is 0. The predicted octanol–water partition coefficient (Wildman–Crippen LogP) is 2.71. The van der Waals surface area contributed by atoms with Gasteiger partial charge in [0, 0.05) is 30.0 Å². The van der Waals surface area contributed by atoms with E-state index in [1.807, 2.05) is 18.2 Å². The smallest absolute Gasteiger partial charge is 0.227 e. The molecule has 1 aromatic carbocycles. The Morgan fingerprint density at radius 1 is 1.38 bits per heavy atom. The van der Waals surface area contributed by atoms with Gasteiger partial charge in [0.2, 0.25) is 5.91 Å². The van der Waals surface area contributed by atoms with E-state index < -0.39 is 6.67 Å². The number of benzene rings is 1. The molecule has 114 valence electrons. The molecule has 1 amide bonds. The van der Waals surface area contributed by atoms with Gasteiger partial charge in [-0.1, -0.05) is 34.1 Å². The number of hydrogen-bond donors (Lipinski definition) is 1. The number of carbonyl (C=O) groups excluding carboxylic acids is 1. The third kappa shape index (κ3) is 2.86. The molecular formula is C16H20BrFN2O. The second-order valence-corrected chi connectivity index (χ2v) is 6.73. The molecular weight excluding hydrogens is 335 g/mol. The SMILES string of the molecule is O=C([C@@H]1CNC[C@H]1c1ccccc1Br)N1CCCC1CF. The van der Waals surface area contributed by atoms with Gasteiger partial charge in [-0.15, -0.1) is 0 Å².